The second kappa shape index (κ2) is 14.1. The highest BCUT2D eigenvalue weighted by atomic mass is 32.2. The van der Waals surface area contributed by atoms with Crippen molar-refractivity contribution in [2.24, 2.45) is 5.73 Å². The van der Waals surface area contributed by atoms with Gasteiger partial charge in [-0.05, 0) is 54.3 Å². The first-order valence-electron chi connectivity index (χ1n) is 11.8. The number of aliphatic carboxylic acids is 1. The van der Waals surface area contributed by atoms with Crippen LogP contribution in [0.1, 0.15) is 23.6 Å². The topological polar surface area (TPSA) is 186 Å². The van der Waals surface area contributed by atoms with Gasteiger partial charge in [0.25, 0.3) is 0 Å². The third-order valence-corrected chi connectivity index (χ3v) is 6.85. The minimum Gasteiger partial charge on any atom is -0.475 e. The Kier molecular flexibility index (Phi) is 11.1. The van der Waals surface area contributed by atoms with Gasteiger partial charge in [0.05, 0.1) is 17.4 Å². The van der Waals surface area contributed by atoms with Gasteiger partial charge in [0, 0.05) is 11.3 Å². The molecule has 0 aliphatic rings. The van der Waals surface area contributed by atoms with Gasteiger partial charge in [0.2, 0.25) is 15.9 Å². The summed E-state index contributed by atoms with van der Waals surface area (Å²) in [5.41, 5.74) is 9.33. The van der Waals surface area contributed by atoms with Crippen molar-refractivity contribution in [3.8, 4) is 17.2 Å². The second-order valence-electron chi connectivity index (χ2n) is 8.42. The number of amides is 1. The minimum atomic E-state index is -5.08. The van der Waals surface area contributed by atoms with Crippen LogP contribution in [0.5, 0.6) is 0 Å². The van der Waals surface area contributed by atoms with E-state index in [0.717, 1.165) is 11.1 Å². The summed E-state index contributed by atoms with van der Waals surface area (Å²) in [5, 5.41) is 26.8. The Morgan fingerprint density at radius 3 is 2.22 bits per heavy atom. The van der Waals surface area contributed by atoms with Crippen LogP contribution in [0.15, 0.2) is 72.8 Å². The van der Waals surface area contributed by atoms with Gasteiger partial charge < -0.3 is 16.2 Å². The third kappa shape index (κ3) is 10.1. The molecular weight excluding hydrogens is 563 g/mol. The maximum Gasteiger partial charge on any atom is 0.490 e. The van der Waals surface area contributed by atoms with Gasteiger partial charge in [-0.3, -0.25) is 10.2 Å². The van der Waals surface area contributed by atoms with E-state index in [4.69, 9.17) is 21.0 Å². The molecule has 0 aromatic heterocycles. The van der Waals surface area contributed by atoms with Crippen LogP contribution in [0.3, 0.4) is 0 Å². The molecule has 0 radical (unpaired) electrons. The van der Waals surface area contributed by atoms with Gasteiger partial charge in [-0.1, -0.05) is 48.5 Å². The largest absolute Gasteiger partial charge is 0.490 e. The summed E-state index contributed by atoms with van der Waals surface area (Å²) in [7, 11) is -3.66. The van der Waals surface area contributed by atoms with Crippen LogP contribution in [0.2, 0.25) is 0 Å². The smallest absolute Gasteiger partial charge is 0.475 e. The molecule has 3 aromatic rings. The SMILES string of the molecule is CCS(=O)(=O)N[C@@H](Cc1cccc(C(=N)N)c1)C(=O)Nc1ccc(-c2ccccc2C#N)cc1.O=C(O)C(F)(F)F. The van der Waals surface area contributed by atoms with E-state index in [-0.39, 0.29) is 18.0 Å². The average Bonchev–Trinajstić information content (AvgIpc) is 2.93. The van der Waals surface area contributed by atoms with Crippen molar-refractivity contribution in [1.29, 1.82) is 10.7 Å². The molecule has 1 amide bonds. The van der Waals surface area contributed by atoms with E-state index in [1.807, 2.05) is 12.1 Å². The highest BCUT2D eigenvalue weighted by Gasteiger charge is 2.38. The summed E-state index contributed by atoms with van der Waals surface area (Å²) in [6, 6.07) is 22.0. The number of carbonyl (C=O) groups excluding carboxylic acids is 1. The number of nitrogens with zero attached hydrogens (tertiary/aromatic N) is 1. The standard InChI is InChI=1S/C25H25N5O3S.C2HF3O2/c1-2-34(32,33)30-23(15-17-6-5-8-19(14-17)24(27)28)25(31)29-21-12-10-18(11-13-21)22-9-4-3-7-20(22)16-26;3-2(4,5)1(6)7/h3-14,23,30H,2,15H2,1H3,(H3,27,28)(H,29,31);(H,6,7)/t23-;/m0./s1. The first-order chi connectivity index (χ1) is 19.2. The maximum atomic E-state index is 13.0. The average molecular weight is 590 g/mol. The molecule has 0 fully saturated rings. The highest BCUT2D eigenvalue weighted by Crippen LogP contribution is 2.25. The van der Waals surface area contributed by atoms with E-state index < -0.39 is 34.1 Å². The number of carboxylic acid groups (broad SMARTS) is 1. The van der Waals surface area contributed by atoms with E-state index in [1.165, 1.54) is 6.92 Å². The van der Waals surface area contributed by atoms with Crippen molar-refractivity contribution in [2.75, 3.05) is 11.1 Å². The van der Waals surface area contributed by atoms with Crippen LogP contribution in [0, 0.1) is 16.7 Å². The molecule has 1 atom stereocenters. The predicted molar refractivity (Wildman–Crippen MR) is 146 cm³/mol. The summed E-state index contributed by atoms with van der Waals surface area (Å²) < 4.78 is 58.6. The Morgan fingerprint density at radius 2 is 1.68 bits per heavy atom. The molecule has 0 saturated carbocycles. The van der Waals surface area contributed by atoms with Crippen molar-refractivity contribution in [3.05, 3.63) is 89.5 Å². The predicted octanol–water partition coefficient (Wildman–Crippen LogP) is 3.63. The molecule has 0 unspecified atom stereocenters. The van der Waals surface area contributed by atoms with Gasteiger partial charge in [-0.15, -0.1) is 0 Å². The van der Waals surface area contributed by atoms with Crippen molar-refractivity contribution in [2.45, 2.75) is 25.6 Å². The van der Waals surface area contributed by atoms with Gasteiger partial charge in [0.1, 0.15) is 11.9 Å². The normalized spacial score (nSPS) is 11.8. The van der Waals surface area contributed by atoms with E-state index >= 15 is 0 Å². The number of nitrogens with one attached hydrogen (secondary N) is 3. The number of amidine groups is 1. The molecule has 41 heavy (non-hydrogen) atoms. The van der Waals surface area contributed by atoms with E-state index in [9.17, 15) is 31.6 Å². The zero-order valence-electron chi connectivity index (χ0n) is 21.6. The number of halogens is 3. The summed E-state index contributed by atoms with van der Waals surface area (Å²) >= 11 is 0. The zero-order chi connectivity index (χ0) is 30.8. The van der Waals surface area contributed by atoms with Crippen molar-refractivity contribution in [1.82, 2.24) is 4.72 Å². The third-order valence-electron chi connectivity index (χ3n) is 5.45. The Balaban J connectivity index is 0.000000745. The quantitative estimate of drug-likeness (QED) is 0.186. The number of benzene rings is 3. The number of nitrogens with two attached hydrogens (primary N) is 1. The van der Waals surface area contributed by atoms with Crippen molar-refractivity contribution >= 4 is 33.4 Å². The molecule has 216 valence electrons. The number of hydrogen-bond acceptors (Lipinski definition) is 6. The van der Waals surface area contributed by atoms with Crippen LogP contribution >= 0.6 is 0 Å². The molecule has 0 saturated heterocycles. The number of rotatable bonds is 9. The van der Waals surface area contributed by atoms with Crippen molar-refractivity contribution in [3.63, 3.8) is 0 Å². The Morgan fingerprint density at radius 1 is 1.07 bits per heavy atom. The lowest BCUT2D eigenvalue weighted by molar-refractivity contribution is -0.192. The lowest BCUT2D eigenvalue weighted by atomic mass is 10.00. The van der Waals surface area contributed by atoms with E-state index in [0.29, 0.717) is 22.4 Å². The number of nitriles is 1. The molecule has 3 rings (SSSR count). The number of carbonyl (C=O) groups is 2. The van der Waals surface area contributed by atoms with Crippen molar-refractivity contribution < 1.29 is 36.3 Å². The number of anilines is 1. The summed E-state index contributed by atoms with van der Waals surface area (Å²) in [6.07, 6.45) is -5.00. The molecule has 0 heterocycles. The van der Waals surface area contributed by atoms with E-state index in [1.54, 1.807) is 60.7 Å². The molecule has 14 heteroatoms. The van der Waals surface area contributed by atoms with Gasteiger partial charge in [-0.2, -0.15) is 18.4 Å². The highest BCUT2D eigenvalue weighted by molar-refractivity contribution is 7.89. The lowest BCUT2D eigenvalue weighted by Gasteiger charge is -2.19. The van der Waals surface area contributed by atoms with Crippen LogP contribution in [0.25, 0.3) is 11.1 Å². The molecule has 0 spiro atoms. The minimum absolute atomic E-state index is 0.0831. The Hall–Kier alpha value is -4.74. The number of sulfonamides is 1. The number of hydrogen-bond donors (Lipinski definition) is 5. The molecule has 0 bridgehead atoms. The molecule has 3 aromatic carbocycles. The van der Waals surface area contributed by atoms with Crippen LogP contribution in [-0.4, -0.2) is 49.2 Å². The van der Waals surface area contributed by atoms with Crippen LogP contribution in [0.4, 0.5) is 18.9 Å². The Bertz CT molecular complexity index is 1550. The Labute approximate surface area is 234 Å². The first-order valence-corrected chi connectivity index (χ1v) is 13.5. The second-order valence-corrected chi connectivity index (χ2v) is 10.5. The summed E-state index contributed by atoms with van der Waals surface area (Å²) in [4.78, 5) is 21.9. The fourth-order valence-corrected chi connectivity index (χ4v) is 4.17. The lowest BCUT2D eigenvalue weighted by Crippen LogP contribution is -2.45. The van der Waals surface area contributed by atoms with Gasteiger partial charge in [0.15, 0.2) is 0 Å². The number of carboxylic acids is 1. The monoisotopic (exact) mass is 589 g/mol. The van der Waals surface area contributed by atoms with Crippen LogP contribution in [-0.2, 0) is 26.0 Å². The zero-order valence-corrected chi connectivity index (χ0v) is 22.4. The maximum absolute atomic E-state index is 13.0. The van der Waals surface area contributed by atoms with Gasteiger partial charge in [-0.25, -0.2) is 17.9 Å². The first kappa shape index (κ1) is 32.5. The van der Waals surface area contributed by atoms with Crippen LogP contribution < -0.4 is 15.8 Å². The molecule has 0 aliphatic carbocycles. The molecule has 0 aliphatic heterocycles. The number of alkyl halides is 3. The molecule has 10 nitrogen and oxygen atoms in total. The molecular formula is C27H26F3N5O5S. The van der Waals surface area contributed by atoms with E-state index in [2.05, 4.69) is 16.1 Å². The summed E-state index contributed by atoms with van der Waals surface area (Å²) in [5.74, 6) is -3.56. The number of nitrogen functional groups attached to an aromatic ring is 1. The van der Waals surface area contributed by atoms with Gasteiger partial charge >= 0.3 is 12.1 Å². The molecule has 6 N–H and O–H groups in total. The fourth-order valence-electron chi connectivity index (χ4n) is 3.38. The fraction of sp³-hybridized carbons (Fsp3) is 0.185. The summed E-state index contributed by atoms with van der Waals surface area (Å²) in [6.45, 7) is 1.49.